The van der Waals surface area contributed by atoms with Gasteiger partial charge in [-0.25, -0.2) is 13.4 Å². The molecule has 0 saturated carbocycles. The summed E-state index contributed by atoms with van der Waals surface area (Å²) in [5, 5.41) is 0. The molecule has 3 heterocycles. The number of thioether (sulfide) groups is 1. The number of hydrogen-bond acceptors (Lipinski definition) is 6. The average molecular weight is 408 g/mol. The second kappa shape index (κ2) is 7.95. The maximum atomic E-state index is 13.1. The third-order valence-electron chi connectivity index (χ3n) is 5.32. The van der Waals surface area contributed by atoms with E-state index in [0.717, 1.165) is 30.8 Å². The number of aromatic nitrogens is 1. The Balaban J connectivity index is 1.47. The zero-order valence-electron chi connectivity index (χ0n) is 15.5. The number of benzene rings is 1. The Labute approximate surface area is 165 Å². The molecule has 1 aromatic heterocycles. The molecule has 1 aromatic carbocycles. The summed E-state index contributed by atoms with van der Waals surface area (Å²) >= 11 is 2.00. The quantitative estimate of drug-likeness (QED) is 0.776. The second-order valence-corrected chi connectivity index (χ2v) is 10.2. The van der Waals surface area contributed by atoms with E-state index >= 15 is 0 Å². The van der Waals surface area contributed by atoms with E-state index in [2.05, 4.69) is 9.88 Å². The highest BCUT2D eigenvalue weighted by atomic mass is 32.2. The van der Waals surface area contributed by atoms with Crippen molar-refractivity contribution in [2.24, 2.45) is 0 Å². The van der Waals surface area contributed by atoms with Gasteiger partial charge in [0.1, 0.15) is 12.0 Å². The van der Waals surface area contributed by atoms with Crippen LogP contribution >= 0.6 is 11.8 Å². The van der Waals surface area contributed by atoms with Crippen molar-refractivity contribution >= 4 is 21.8 Å². The first-order valence-corrected chi connectivity index (χ1v) is 12.0. The lowest BCUT2D eigenvalue weighted by Crippen LogP contribution is -2.39. The predicted molar refractivity (Wildman–Crippen MR) is 107 cm³/mol. The molecule has 2 saturated heterocycles. The van der Waals surface area contributed by atoms with Gasteiger partial charge in [-0.15, -0.1) is 0 Å². The van der Waals surface area contributed by atoms with Gasteiger partial charge in [0.25, 0.3) is 0 Å². The van der Waals surface area contributed by atoms with Crippen molar-refractivity contribution in [2.45, 2.75) is 30.7 Å². The van der Waals surface area contributed by atoms with Gasteiger partial charge >= 0.3 is 0 Å². The van der Waals surface area contributed by atoms with Crippen molar-refractivity contribution in [3.8, 4) is 11.3 Å². The zero-order chi connectivity index (χ0) is 18.9. The summed E-state index contributed by atoms with van der Waals surface area (Å²) in [5.41, 5.74) is 1.57. The monoisotopic (exact) mass is 407 g/mol. The Bertz CT molecular complexity index is 874. The van der Waals surface area contributed by atoms with Crippen molar-refractivity contribution in [2.75, 3.05) is 37.7 Å². The molecule has 6 nitrogen and oxygen atoms in total. The summed E-state index contributed by atoms with van der Waals surface area (Å²) in [6.45, 7) is 4.74. The van der Waals surface area contributed by atoms with Crippen molar-refractivity contribution in [1.82, 2.24) is 14.2 Å². The lowest BCUT2D eigenvalue weighted by molar-refractivity contribution is 0.223. The van der Waals surface area contributed by atoms with Crippen LogP contribution in [0.3, 0.4) is 0 Å². The molecule has 27 heavy (non-hydrogen) atoms. The van der Waals surface area contributed by atoms with E-state index in [1.807, 2.05) is 11.8 Å². The number of aryl methyl sites for hydroxylation is 1. The molecular weight excluding hydrogens is 382 g/mol. The summed E-state index contributed by atoms with van der Waals surface area (Å²) in [5.74, 6) is 2.99. The van der Waals surface area contributed by atoms with Gasteiger partial charge in [-0.05, 0) is 37.3 Å². The maximum Gasteiger partial charge on any atom is 0.243 e. The van der Waals surface area contributed by atoms with Crippen molar-refractivity contribution in [3.63, 3.8) is 0 Å². The lowest BCUT2D eigenvalue weighted by Gasteiger charge is -2.26. The first-order chi connectivity index (χ1) is 13.0. The van der Waals surface area contributed by atoms with Gasteiger partial charge in [-0.2, -0.15) is 16.1 Å². The first-order valence-electron chi connectivity index (χ1n) is 9.38. The molecular formula is C19H25N3O3S2. The van der Waals surface area contributed by atoms with Gasteiger partial charge in [-0.1, -0.05) is 12.1 Å². The summed E-state index contributed by atoms with van der Waals surface area (Å²) in [6.07, 6.45) is 3.70. The van der Waals surface area contributed by atoms with Crippen LogP contribution in [0.1, 0.15) is 18.7 Å². The van der Waals surface area contributed by atoms with Crippen LogP contribution in [0.5, 0.6) is 0 Å². The summed E-state index contributed by atoms with van der Waals surface area (Å²) in [6, 6.07) is 7.55. The van der Waals surface area contributed by atoms with Crippen LogP contribution in [-0.4, -0.2) is 66.3 Å². The summed E-state index contributed by atoms with van der Waals surface area (Å²) < 4.78 is 33.1. The van der Waals surface area contributed by atoms with Crippen LogP contribution < -0.4 is 0 Å². The number of hydrogen-bond donors (Lipinski definition) is 0. The van der Waals surface area contributed by atoms with Gasteiger partial charge in [0.05, 0.1) is 4.90 Å². The minimum absolute atomic E-state index is 0.344. The van der Waals surface area contributed by atoms with E-state index in [9.17, 15) is 8.42 Å². The van der Waals surface area contributed by atoms with Gasteiger partial charge in [0.2, 0.25) is 10.0 Å². The third kappa shape index (κ3) is 4.08. The zero-order valence-corrected chi connectivity index (χ0v) is 17.1. The SMILES string of the molecule is Cc1nc(-c2ccc(S(=O)(=O)N3CCCN(C4CCSC4)CC3)cc2)co1. The molecule has 1 unspecified atom stereocenters. The van der Waals surface area contributed by atoms with Gasteiger partial charge in [-0.3, -0.25) is 4.90 Å². The normalized spacial score (nSPS) is 22.8. The largest absolute Gasteiger partial charge is 0.449 e. The van der Waals surface area contributed by atoms with Gasteiger partial charge in [0, 0.05) is 43.9 Å². The smallest absolute Gasteiger partial charge is 0.243 e. The number of nitrogens with zero attached hydrogens (tertiary/aromatic N) is 3. The Kier molecular flexibility index (Phi) is 5.59. The highest BCUT2D eigenvalue weighted by Gasteiger charge is 2.30. The molecule has 0 aliphatic carbocycles. The molecule has 4 rings (SSSR count). The van der Waals surface area contributed by atoms with E-state index < -0.39 is 10.0 Å². The molecule has 146 valence electrons. The fourth-order valence-corrected chi connectivity index (χ4v) is 6.50. The molecule has 2 fully saturated rings. The number of oxazole rings is 1. The second-order valence-electron chi connectivity index (χ2n) is 7.09. The van der Waals surface area contributed by atoms with Crippen LogP contribution in [0, 0.1) is 6.92 Å². The number of rotatable bonds is 4. The van der Waals surface area contributed by atoms with Crippen molar-refractivity contribution < 1.29 is 12.8 Å². The minimum atomic E-state index is -3.47. The fourth-order valence-electron chi connectivity index (χ4n) is 3.77. The van der Waals surface area contributed by atoms with E-state index in [0.29, 0.717) is 29.9 Å². The van der Waals surface area contributed by atoms with Crippen LogP contribution in [0.15, 0.2) is 39.8 Å². The molecule has 2 aliphatic rings. The Morgan fingerprint density at radius 1 is 1.15 bits per heavy atom. The van der Waals surface area contributed by atoms with Crippen LogP contribution in [0.2, 0.25) is 0 Å². The minimum Gasteiger partial charge on any atom is -0.449 e. The Hall–Kier alpha value is -1.35. The molecule has 0 N–H and O–H groups in total. The maximum absolute atomic E-state index is 13.1. The van der Waals surface area contributed by atoms with Gasteiger partial charge in [0.15, 0.2) is 5.89 Å². The highest BCUT2D eigenvalue weighted by molar-refractivity contribution is 7.99. The number of sulfonamides is 1. The molecule has 0 radical (unpaired) electrons. The van der Waals surface area contributed by atoms with Crippen molar-refractivity contribution in [1.29, 1.82) is 0 Å². The summed E-state index contributed by atoms with van der Waals surface area (Å²) in [7, 11) is -3.47. The Morgan fingerprint density at radius 2 is 1.96 bits per heavy atom. The van der Waals surface area contributed by atoms with Gasteiger partial charge < -0.3 is 4.42 Å². The summed E-state index contributed by atoms with van der Waals surface area (Å²) in [4.78, 5) is 7.11. The first kappa shape index (κ1) is 19.0. The average Bonchev–Trinajstić information content (AvgIpc) is 3.29. The van der Waals surface area contributed by atoms with E-state index in [1.54, 1.807) is 41.8 Å². The Morgan fingerprint density at radius 3 is 2.63 bits per heavy atom. The molecule has 2 aliphatic heterocycles. The fraction of sp³-hybridized carbons (Fsp3) is 0.526. The molecule has 0 bridgehead atoms. The molecule has 1 atom stereocenters. The molecule has 8 heteroatoms. The molecule has 0 spiro atoms. The van der Waals surface area contributed by atoms with Crippen LogP contribution in [0.4, 0.5) is 0 Å². The van der Waals surface area contributed by atoms with Crippen molar-refractivity contribution in [3.05, 3.63) is 36.4 Å². The lowest BCUT2D eigenvalue weighted by atomic mass is 10.2. The topological polar surface area (TPSA) is 66.7 Å². The van der Waals surface area contributed by atoms with E-state index in [1.165, 1.54) is 17.9 Å². The van der Waals surface area contributed by atoms with E-state index in [-0.39, 0.29) is 0 Å². The van der Waals surface area contributed by atoms with Crippen LogP contribution in [0.25, 0.3) is 11.3 Å². The highest BCUT2D eigenvalue weighted by Crippen LogP contribution is 2.26. The third-order valence-corrected chi connectivity index (χ3v) is 8.38. The van der Waals surface area contributed by atoms with E-state index in [4.69, 9.17) is 4.42 Å². The molecule has 2 aromatic rings. The molecule has 0 amide bonds. The predicted octanol–water partition coefficient (Wildman–Crippen LogP) is 2.85. The van der Waals surface area contributed by atoms with Crippen LogP contribution in [-0.2, 0) is 10.0 Å². The standard InChI is InChI=1S/C19H25N3O3S2/c1-15-20-19(13-25-15)16-3-5-18(6-4-16)27(23,24)22-9-2-8-21(10-11-22)17-7-12-26-14-17/h3-6,13,17H,2,7-12,14H2,1H3.